The number of nitrogens with one attached hydrogen (secondary N) is 2. The van der Waals surface area contributed by atoms with Crippen molar-refractivity contribution in [2.75, 3.05) is 56.2 Å². The molecule has 0 radical (unpaired) electrons. The first-order chi connectivity index (χ1) is 17.4. The van der Waals surface area contributed by atoms with Crippen LogP contribution in [-0.2, 0) is 10.9 Å². The Balaban J connectivity index is 1.58. The number of hydrazone groups is 1. The van der Waals surface area contributed by atoms with Crippen LogP contribution < -0.4 is 25.1 Å². The Morgan fingerprint density at radius 2 is 1.72 bits per heavy atom. The lowest BCUT2D eigenvalue weighted by molar-refractivity contribution is -0.137. The molecule has 10 nitrogen and oxygen atoms in total. The number of nitrogens with zero attached hydrogens (tertiary/aromatic N) is 5. The summed E-state index contributed by atoms with van der Waals surface area (Å²) >= 11 is 0. The molecule has 2 aromatic carbocycles. The van der Waals surface area contributed by atoms with Gasteiger partial charge < -0.3 is 24.4 Å². The molecule has 1 saturated heterocycles. The Morgan fingerprint density at radius 1 is 0.972 bits per heavy atom. The van der Waals surface area contributed by atoms with Crippen LogP contribution in [0.2, 0.25) is 0 Å². The lowest BCUT2D eigenvalue weighted by Gasteiger charge is -2.27. The number of hydrogen-bond acceptors (Lipinski definition) is 10. The summed E-state index contributed by atoms with van der Waals surface area (Å²) in [7, 11) is 3.08. The van der Waals surface area contributed by atoms with Gasteiger partial charge in [0, 0.05) is 18.8 Å². The van der Waals surface area contributed by atoms with Gasteiger partial charge in [0.2, 0.25) is 17.8 Å². The van der Waals surface area contributed by atoms with Gasteiger partial charge >= 0.3 is 6.18 Å². The smallest absolute Gasteiger partial charge is 0.416 e. The largest absolute Gasteiger partial charge is 0.493 e. The number of aromatic nitrogens is 3. The van der Waals surface area contributed by atoms with Gasteiger partial charge in [-0.25, -0.2) is 5.43 Å². The third-order valence-electron chi connectivity index (χ3n) is 5.15. The number of morpholine rings is 1. The number of halogens is 3. The van der Waals surface area contributed by atoms with E-state index >= 15 is 0 Å². The number of ether oxygens (including phenoxy) is 3. The lowest BCUT2D eigenvalue weighted by Crippen LogP contribution is -2.37. The minimum atomic E-state index is -4.47. The van der Waals surface area contributed by atoms with E-state index in [1.54, 1.807) is 31.5 Å². The molecule has 4 rings (SSSR count). The van der Waals surface area contributed by atoms with Crippen LogP contribution in [0.4, 0.5) is 36.7 Å². The molecule has 1 aliphatic heterocycles. The summed E-state index contributed by atoms with van der Waals surface area (Å²) in [6.07, 6.45) is -2.93. The molecule has 2 N–H and O–H groups in total. The zero-order valence-corrected chi connectivity index (χ0v) is 19.5. The van der Waals surface area contributed by atoms with Crippen molar-refractivity contribution in [1.82, 2.24) is 15.0 Å². The van der Waals surface area contributed by atoms with Gasteiger partial charge in [-0.3, -0.25) is 0 Å². The number of methoxy groups -OCH3 is 2. The topological polar surface area (TPSA) is 106 Å². The van der Waals surface area contributed by atoms with Crippen molar-refractivity contribution in [3.8, 4) is 11.5 Å². The van der Waals surface area contributed by atoms with E-state index in [0.29, 0.717) is 43.8 Å². The number of rotatable bonds is 8. The van der Waals surface area contributed by atoms with Crippen LogP contribution in [0.5, 0.6) is 11.5 Å². The van der Waals surface area contributed by atoms with Crippen molar-refractivity contribution in [2.45, 2.75) is 6.18 Å². The van der Waals surface area contributed by atoms with Crippen molar-refractivity contribution in [2.24, 2.45) is 5.10 Å². The van der Waals surface area contributed by atoms with E-state index < -0.39 is 11.7 Å². The zero-order valence-electron chi connectivity index (χ0n) is 19.5. The highest BCUT2D eigenvalue weighted by Crippen LogP contribution is 2.31. The summed E-state index contributed by atoms with van der Waals surface area (Å²) in [4.78, 5) is 15.0. The quantitative estimate of drug-likeness (QED) is 0.349. The Labute approximate surface area is 205 Å². The van der Waals surface area contributed by atoms with Crippen LogP contribution in [0.15, 0.2) is 47.6 Å². The van der Waals surface area contributed by atoms with E-state index in [0.717, 1.165) is 17.7 Å². The Hall–Kier alpha value is -4.13. The molecule has 190 valence electrons. The molecule has 2 heterocycles. The molecule has 3 aromatic rings. The first kappa shape index (κ1) is 25.0. The third kappa shape index (κ3) is 6.30. The minimum Gasteiger partial charge on any atom is -0.493 e. The van der Waals surface area contributed by atoms with Crippen molar-refractivity contribution < 1.29 is 27.4 Å². The SMILES string of the molecule is COc1ccc(/C=N/Nc2nc(Nc3cccc(C(F)(F)F)c3)nc(N3CCOCC3)n2)cc1OC. The summed E-state index contributed by atoms with van der Waals surface area (Å²) in [6, 6.07) is 10.1. The molecule has 13 heteroatoms. The highest BCUT2D eigenvalue weighted by Gasteiger charge is 2.30. The molecule has 0 spiro atoms. The third-order valence-corrected chi connectivity index (χ3v) is 5.15. The molecule has 0 saturated carbocycles. The van der Waals surface area contributed by atoms with E-state index in [9.17, 15) is 13.2 Å². The van der Waals surface area contributed by atoms with E-state index in [1.807, 2.05) is 4.90 Å². The molecule has 1 fully saturated rings. The summed E-state index contributed by atoms with van der Waals surface area (Å²) < 4.78 is 55.3. The first-order valence-corrected chi connectivity index (χ1v) is 10.9. The van der Waals surface area contributed by atoms with Crippen molar-refractivity contribution in [3.05, 3.63) is 53.6 Å². The maximum Gasteiger partial charge on any atom is 0.416 e. The fraction of sp³-hybridized carbons (Fsp3) is 0.304. The van der Waals surface area contributed by atoms with Crippen LogP contribution in [-0.4, -0.2) is 61.7 Å². The van der Waals surface area contributed by atoms with Crippen molar-refractivity contribution in [3.63, 3.8) is 0 Å². The molecule has 0 unspecified atom stereocenters. The molecular weight excluding hydrogens is 479 g/mol. The van der Waals surface area contributed by atoms with Gasteiger partial charge in [-0.1, -0.05) is 6.07 Å². The predicted molar refractivity (Wildman–Crippen MR) is 128 cm³/mol. The number of hydrogen-bond donors (Lipinski definition) is 2. The Morgan fingerprint density at radius 3 is 2.44 bits per heavy atom. The maximum atomic E-state index is 13.1. The van der Waals surface area contributed by atoms with Gasteiger partial charge in [0.15, 0.2) is 11.5 Å². The van der Waals surface area contributed by atoms with Gasteiger partial charge in [0.25, 0.3) is 0 Å². The average molecular weight is 503 g/mol. The van der Waals surface area contributed by atoms with Crippen LogP contribution in [0.1, 0.15) is 11.1 Å². The van der Waals surface area contributed by atoms with Crippen molar-refractivity contribution in [1.29, 1.82) is 0 Å². The molecule has 1 aromatic heterocycles. The van der Waals surface area contributed by atoms with Crippen LogP contribution in [0.25, 0.3) is 0 Å². The second-order valence-electron chi connectivity index (χ2n) is 7.57. The summed E-state index contributed by atoms with van der Waals surface area (Å²) in [6.45, 7) is 2.12. The average Bonchev–Trinajstić information content (AvgIpc) is 2.88. The molecule has 0 amide bonds. The molecular formula is C23H24F3N7O3. The van der Waals surface area contributed by atoms with Crippen LogP contribution >= 0.6 is 0 Å². The summed E-state index contributed by atoms with van der Waals surface area (Å²) in [5.41, 5.74) is 2.88. The predicted octanol–water partition coefficient (Wildman–Crippen LogP) is 3.93. The molecule has 1 aliphatic rings. The van der Waals surface area contributed by atoms with E-state index in [1.165, 1.54) is 19.2 Å². The highest BCUT2D eigenvalue weighted by atomic mass is 19.4. The summed E-state index contributed by atoms with van der Waals surface area (Å²) in [5.74, 6) is 1.64. The van der Waals surface area contributed by atoms with Gasteiger partial charge in [0.1, 0.15) is 0 Å². The minimum absolute atomic E-state index is 0.0645. The lowest BCUT2D eigenvalue weighted by atomic mass is 10.2. The van der Waals surface area contributed by atoms with E-state index in [-0.39, 0.29) is 17.6 Å². The van der Waals surface area contributed by atoms with Crippen LogP contribution in [0, 0.1) is 0 Å². The fourth-order valence-corrected chi connectivity index (χ4v) is 3.38. The normalized spacial score (nSPS) is 14.1. The molecule has 36 heavy (non-hydrogen) atoms. The first-order valence-electron chi connectivity index (χ1n) is 10.9. The van der Waals surface area contributed by atoms with Gasteiger partial charge in [0.05, 0.1) is 39.2 Å². The second kappa shape index (κ2) is 11.1. The van der Waals surface area contributed by atoms with Gasteiger partial charge in [-0.15, -0.1) is 0 Å². The van der Waals surface area contributed by atoms with Gasteiger partial charge in [-0.2, -0.15) is 33.2 Å². The Bertz CT molecular complexity index is 1220. The van der Waals surface area contributed by atoms with Crippen molar-refractivity contribution >= 4 is 29.7 Å². The van der Waals surface area contributed by atoms with Crippen LogP contribution in [0.3, 0.4) is 0 Å². The van der Waals surface area contributed by atoms with E-state index in [4.69, 9.17) is 14.2 Å². The van der Waals surface area contributed by atoms with Gasteiger partial charge in [-0.05, 0) is 42.0 Å². The molecule has 0 aliphatic carbocycles. The fourth-order valence-electron chi connectivity index (χ4n) is 3.38. The summed E-state index contributed by atoms with van der Waals surface area (Å²) in [5, 5.41) is 7.01. The number of anilines is 4. The second-order valence-corrected chi connectivity index (χ2v) is 7.57. The maximum absolute atomic E-state index is 13.1. The molecule has 0 bridgehead atoms. The Kier molecular flexibility index (Phi) is 7.68. The molecule has 0 atom stereocenters. The monoisotopic (exact) mass is 503 g/mol. The zero-order chi connectivity index (χ0) is 25.5. The number of alkyl halides is 3. The van der Waals surface area contributed by atoms with E-state index in [2.05, 4.69) is 30.8 Å². The highest BCUT2D eigenvalue weighted by molar-refractivity contribution is 5.81. The standard InChI is InChI=1S/C23H24F3N7O3/c1-34-18-7-6-15(12-19(18)35-2)14-27-32-21-29-20(30-22(31-21)33-8-10-36-11-9-33)28-17-5-3-4-16(13-17)23(24,25)26/h3-7,12-14H,8-11H2,1-2H3,(H2,28,29,30,31,32)/b27-14+. The number of benzene rings is 2.